The summed E-state index contributed by atoms with van der Waals surface area (Å²) in [5, 5.41) is 11.1. The maximum Gasteiger partial charge on any atom is 0.291 e. The van der Waals surface area contributed by atoms with Crippen LogP contribution in [0.15, 0.2) is 17.4 Å². The van der Waals surface area contributed by atoms with E-state index in [2.05, 4.69) is 4.99 Å². The van der Waals surface area contributed by atoms with E-state index in [-0.39, 0.29) is 5.90 Å². The lowest BCUT2D eigenvalue weighted by Crippen LogP contribution is -2.39. The molecule has 0 aliphatic rings. The van der Waals surface area contributed by atoms with E-state index in [0.717, 1.165) is 0 Å². The van der Waals surface area contributed by atoms with Crippen LogP contribution in [0.25, 0.3) is 0 Å². The molecular formula is C7H11N3O. The highest BCUT2D eigenvalue weighted by atomic mass is 16.3. The molecule has 0 aliphatic carbocycles. The largest absolute Gasteiger partial charge is 0.853 e. The first-order chi connectivity index (χ1) is 5.16. The van der Waals surface area contributed by atoms with Gasteiger partial charge in [0.05, 0.1) is 20.0 Å². The smallest absolute Gasteiger partial charge is 0.291 e. The van der Waals surface area contributed by atoms with Crippen LogP contribution in [0.2, 0.25) is 0 Å². The van der Waals surface area contributed by atoms with E-state index < -0.39 is 0 Å². The molecule has 0 N–H and O–H groups in total. The number of rotatable bonds is 1. The average Bonchev–Trinajstić information content (AvgIpc) is 2.30. The van der Waals surface area contributed by atoms with Crippen molar-refractivity contribution in [3.63, 3.8) is 0 Å². The summed E-state index contributed by atoms with van der Waals surface area (Å²) in [7, 11) is 5.13. The summed E-state index contributed by atoms with van der Waals surface area (Å²) in [6, 6.07) is 0. The molecule has 4 nitrogen and oxygen atoms in total. The minimum Gasteiger partial charge on any atom is -0.853 e. The van der Waals surface area contributed by atoms with Crippen molar-refractivity contribution in [2.75, 3.05) is 7.05 Å². The number of nitrogens with zero attached hydrogens (tertiary/aromatic N) is 3. The molecule has 0 aromatic carbocycles. The van der Waals surface area contributed by atoms with Crippen molar-refractivity contribution >= 4 is 5.90 Å². The van der Waals surface area contributed by atoms with Gasteiger partial charge >= 0.3 is 0 Å². The SMILES string of the molecule is CN=C([O-])c1n(C)cc[n+]1C. The molecule has 0 aliphatic heterocycles. The van der Waals surface area contributed by atoms with Crippen molar-refractivity contribution in [3.05, 3.63) is 18.2 Å². The number of hydrogen-bond donors (Lipinski definition) is 0. The molecule has 0 saturated heterocycles. The molecule has 1 rings (SSSR count). The second kappa shape index (κ2) is 2.74. The van der Waals surface area contributed by atoms with Crippen molar-refractivity contribution in [2.24, 2.45) is 19.1 Å². The van der Waals surface area contributed by atoms with Crippen LogP contribution in [0.3, 0.4) is 0 Å². The fourth-order valence-corrected chi connectivity index (χ4v) is 0.992. The third-order valence-corrected chi connectivity index (χ3v) is 1.58. The second-order valence-electron chi connectivity index (χ2n) is 2.37. The standard InChI is InChI=1S/C7H11N3O/c1-8-6(11)7-9(2)4-5-10(7)3/h4-5H,1-3H3. The molecule has 0 unspecified atom stereocenters. The average molecular weight is 153 g/mol. The van der Waals surface area contributed by atoms with Gasteiger partial charge in [-0.3, -0.25) is 4.99 Å². The van der Waals surface area contributed by atoms with Gasteiger partial charge in [0, 0.05) is 7.05 Å². The topological polar surface area (TPSA) is 44.2 Å². The van der Waals surface area contributed by atoms with Gasteiger partial charge in [-0.05, 0) is 0 Å². The Morgan fingerprint density at radius 1 is 1.73 bits per heavy atom. The van der Waals surface area contributed by atoms with Gasteiger partial charge in [0.25, 0.3) is 5.82 Å². The van der Waals surface area contributed by atoms with E-state index in [1.807, 2.05) is 26.5 Å². The molecule has 1 aromatic heterocycles. The van der Waals surface area contributed by atoms with E-state index >= 15 is 0 Å². The highest BCUT2D eigenvalue weighted by Gasteiger charge is 2.09. The summed E-state index contributed by atoms with van der Waals surface area (Å²) >= 11 is 0. The van der Waals surface area contributed by atoms with E-state index in [4.69, 9.17) is 0 Å². The normalized spacial score (nSPS) is 12.1. The highest BCUT2D eigenvalue weighted by molar-refractivity contribution is 5.85. The lowest BCUT2D eigenvalue weighted by molar-refractivity contribution is -0.674. The number of aryl methyl sites for hydroxylation is 2. The number of aliphatic imine (C=N–C) groups is 1. The van der Waals surface area contributed by atoms with Crippen molar-refractivity contribution in [3.8, 4) is 0 Å². The first-order valence-electron chi connectivity index (χ1n) is 3.32. The fraction of sp³-hybridized carbons (Fsp3) is 0.429. The maximum absolute atomic E-state index is 11.1. The van der Waals surface area contributed by atoms with Gasteiger partial charge in [0.1, 0.15) is 12.4 Å². The van der Waals surface area contributed by atoms with Gasteiger partial charge in [-0.1, -0.05) is 0 Å². The van der Waals surface area contributed by atoms with Crippen molar-refractivity contribution in [1.82, 2.24) is 4.57 Å². The van der Waals surface area contributed by atoms with Crippen LogP contribution in [0.4, 0.5) is 0 Å². The van der Waals surface area contributed by atoms with Crippen molar-refractivity contribution < 1.29 is 9.67 Å². The van der Waals surface area contributed by atoms with Crippen molar-refractivity contribution in [2.45, 2.75) is 0 Å². The zero-order valence-corrected chi connectivity index (χ0v) is 6.90. The van der Waals surface area contributed by atoms with E-state index in [9.17, 15) is 5.11 Å². The molecule has 0 spiro atoms. The summed E-state index contributed by atoms with van der Waals surface area (Å²) in [5.74, 6) is 0.396. The quantitative estimate of drug-likeness (QED) is 0.277. The van der Waals surface area contributed by atoms with E-state index in [1.54, 1.807) is 9.13 Å². The van der Waals surface area contributed by atoms with Gasteiger partial charge in [-0.25, -0.2) is 9.13 Å². The van der Waals surface area contributed by atoms with Crippen molar-refractivity contribution in [1.29, 1.82) is 0 Å². The second-order valence-corrected chi connectivity index (χ2v) is 2.37. The van der Waals surface area contributed by atoms with Crippen LogP contribution in [0.5, 0.6) is 0 Å². The Morgan fingerprint density at radius 3 is 2.73 bits per heavy atom. The highest BCUT2D eigenvalue weighted by Crippen LogP contribution is 1.88. The Morgan fingerprint density at radius 2 is 2.36 bits per heavy atom. The van der Waals surface area contributed by atoms with Gasteiger partial charge in [-0.15, -0.1) is 0 Å². The predicted molar refractivity (Wildman–Crippen MR) is 39.1 cm³/mol. The Hall–Kier alpha value is -1.32. The Labute approximate surface area is 65.4 Å². The lowest BCUT2D eigenvalue weighted by Gasteiger charge is -2.04. The minimum atomic E-state index is -0.194. The molecule has 0 saturated carbocycles. The molecular weight excluding hydrogens is 142 g/mol. The summed E-state index contributed by atoms with van der Waals surface area (Å²) in [4.78, 5) is 3.57. The summed E-state index contributed by atoms with van der Waals surface area (Å²) in [6.45, 7) is 0. The molecule has 60 valence electrons. The molecule has 11 heavy (non-hydrogen) atoms. The summed E-state index contributed by atoms with van der Waals surface area (Å²) in [6.07, 6.45) is 3.64. The van der Waals surface area contributed by atoms with Crippen LogP contribution in [-0.2, 0) is 14.1 Å². The summed E-state index contributed by atoms with van der Waals surface area (Å²) in [5.41, 5.74) is 0. The zero-order chi connectivity index (χ0) is 8.43. The first-order valence-corrected chi connectivity index (χ1v) is 3.32. The molecule has 0 fully saturated rings. The Bertz CT molecular complexity index is 268. The zero-order valence-electron chi connectivity index (χ0n) is 6.90. The van der Waals surface area contributed by atoms with Gasteiger partial charge in [0.15, 0.2) is 0 Å². The molecule has 0 bridgehead atoms. The lowest BCUT2D eigenvalue weighted by atomic mass is 10.6. The Kier molecular flexibility index (Phi) is 1.94. The molecule has 4 heteroatoms. The van der Waals surface area contributed by atoms with Crippen LogP contribution < -0.4 is 9.67 Å². The third-order valence-electron chi connectivity index (χ3n) is 1.58. The third kappa shape index (κ3) is 1.24. The summed E-state index contributed by atoms with van der Waals surface area (Å²) < 4.78 is 3.49. The number of imidazole rings is 1. The van der Waals surface area contributed by atoms with Crippen LogP contribution >= 0.6 is 0 Å². The fourth-order valence-electron chi connectivity index (χ4n) is 0.992. The predicted octanol–water partition coefficient (Wildman–Crippen LogP) is -1.41. The van der Waals surface area contributed by atoms with Gasteiger partial charge in [-0.2, -0.15) is 0 Å². The molecule has 0 atom stereocenters. The molecule has 1 aromatic rings. The van der Waals surface area contributed by atoms with Crippen LogP contribution in [-0.4, -0.2) is 17.5 Å². The van der Waals surface area contributed by atoms with Crippen LogP contribution in [0, 0.1) is 0 Å². The maximum atomic E-state index is 11.1. The van der Waals surface area contributed by atoms with E-state index in [1.165, 1.54) is 7.05 Å². The molecule has 0 radical (unpaired) electrons. The molecule has 0 amide bonds. The number of hydrogen-bond acceptors (Lipinski definition) is 2. The monoisotopic (exact) mass is 153 g/mol. The van der Waals surface area contributed by atoms with Crippen LogP contribution in [0.1, 0.15) is 5.82 Å². The molecule has 1 heterocycles. The van der Waals surface area contributed by atoms with Gasteiger partial charge < -0.3 is 5.11 Å². The van der Waals surface area contributed by atoms with Gasteiger partial charge in [0.2, 0.25) is 0 Å². The minimum absolute atomic E-state index is 0.194. The van der Waals surface area contributed by atoms with E-state index in [0.29, 0.717) is 5.82 Å². The Balaban J connectivity index is 3.21. The number of aromatic nitrogens is 2. The first kappa shape index (κ1) is 7.78.